The fourth-order valence-corrected chi connectivity index (χ4v) is 2.37. The Morgan fingerprint density at radius 3 is 2.71 bits per heavy atom. The number of benzene rings is 1. The summed E-state index contributed by atoms with van der Waals surface area (Å²) in [4.78, 5) is 23.7. The Hall–Kier alpha value is -1.57. The van der Waals surface area contributed by atoms with Crippen LogP contribution >= 0.6 is 0 Å². The van der Waals surface area contributed by atoms with E-state index in [9.17, 15) is 9.59 Å². The second kappa shape index (κ2) is 5.17. The van der Waals surface area contributed by atoms with Gasteiger partial charge in [-0.2, -0.15) is 0 Å². The summed E-state index contributed by atoms with van der Waals surface area (Å²) in [7, 11) is 0. The molecular formula is C15H17O2+. The van der Waals surface area contributed by atoms with E-state index in [-0.39, 0.29) is 17.5 Å². The molecule has 0 radical (unpaired) electrons. The van der Waals surface area contributed by atoms with Gasteiger partial charge in [-0.1, -0.05) is 30.3 Å². The van der Waals surface area contributed by atoms with Gasteiger partial charge < -0.3 is 0 Å². The summed E-state index contributed by atoms with van der Waals surface area (Å²) < 4.78 is 0. The molecule has 0 aromatic heterocycles. The molecule has 0 saturated heterocycles. The van der Waals surface area contributed by atoms with E-state index in [0.29, 0.717) is 24.3 Å². The SMILES string of the molecule is [CH2+]C1CCC(=O)C(CC(=O)c2ccccc2)C1. The van der Waals surface area contributed by atoms with Crippen LogP contribution in [0.25, 0.3) is 0 Å². The topological polar surface area (TPSA) is 34.1 Å². The van der Waals surface area contributed by atoms with Gasteiger partial charge in [-0.05, 0) is 6.42 Å². The van der Waals surface area contributed by atoms with Gasteiger partial charge in [0.15, 0.2) is 5.78 Å². The summed E-state index contributed by atoms with van der Waals surface area (Å²) in [5, 5.41) is 0. The van der Waals surface area contributed by atoms with Crippen molar-refractivity contribution in [1.82, 2.24) is 0 Å². The van der Waals surface area contributed by atoms with Gasteiger partial charge in [0.25, 0.3) is 0 Å². The van der Waals surface area contributed by atoms with Crippen LogP contribution < -0.4 is 0 Å². The first kappa shape index (κ1) is 11.9. The average molecular weight is 229 g/mol. The number of carbonyl (C=O) groups is 2. The summed E-state index contributed by atoms with van der Waals surface area (Å²) in [6.07, 6.45) is 2.56. The smallest absolute Gasteiger partial charge is 0.163 e. The predicted molar refractivity (Wildman–Crippen MR) is 66.6 cm³/mol. The van der Waals surface area contributed by atoms with Crippen LogP contribution in [0.15, 0.2) is 30.3 Å². The third-order valence-electron chi connectivity index (χ3n) is 3.40. The number of Topliss-reactive ketones (excluding diaryl/α,β-unsaturated/α-hetero) is 2. The van der Waals surface area contributed by atoms with E-state index in [1.165, 1.54) is 0 Å². The second-order valence-electron chi connectivity index (χ2n) is 4.80. The number of ketones is 2. The highest BCUT2D eigenvalue weighted by molar-refractivity contribution is 5.98. The van der Waals surface area contributed by atoms with Crippen molar-refractivity contribution in [1.29, 1.82) is 0 Å². The van der Waals surface area contributed by atoms with E-state index in [0.717, 1.165) is 12.8 Å². The number of hydrogen-bond acceptors (Lipinski definition) is 2. The molecule has 0 amide bonds. The van der Waals surface area contributed by atoms with Crippen LogP contribution in [0.4, 0.5) is 0 Å². The normalized spacial score (nSPS) is 24.6. The fraction of sp³-hybridized carbons (Fsp3) is 0.400. The van der Waals surface area contributed by atoms with E-state index >= 15 is 0 Å². The Bertz CT molecular complexity index is 408. The molecule has 88 valence electrons. The molecule has 1 aromatic rings. The molecule has 2 rings (SSSR count). The van der Waals surface area contributed by atoms with E-state index in [1.54, 1.807) is 12.1 Å². The van der Waals surface area contributed by atoms with Gasteiger partial charge in [0.2, 0.25) is 0 Å². The Morgan fingerprint density at radius 2 is 2.00 bits per heavy atom. The zero-order valence-corrected chi connectivity index (χ0v) is 9.89. The molecule has 1 saturated carbocycles. The fourth-order valence-electron chi connectivity index (χ4n) is 2.37. The molecule has 2 unspecified atom stereocenters. The lowest BCUT2D eigenvalue weighted by Gasteiger charge is -2.21. The molecule has 0 heterocycles. The lowest BCUT2D eigenvalue weighted by molar-refractivity contribution is -0.125. The van der Waals surface area contributed by atoms with Gasteiger partial charge in [0.1, 0.15) is 5.78 Å². The Morgan fingerprint density at radius 1 is 1.29 bits per heavy atom. The molecule has 0 N–H and O–H groups in total. The predicted octanol–water partition coefficient (Wildman–Crippen LogP) is 3.08. The van der Waals surface area contributed by atoms with Gasteiger partial charge >= 0.3 is 0 Å². The summed E-state index contributed by atoms with van der Waals surface area (Å²) in [6, 6.07) is 9.18. The molecule has 0 bridgehead atoms. The second-order valence-corrected chi connectivity index (χ2v) is 4.80. The van der Waals surface area contributed by atoms with Gasteiger partial charge in [-0.15, -0.1) is 0 Å². The molecule has 1 aromatic carbocycles. The third kappa shape index (κ3) is 2.96. The molecule has 1 fully saturated rings. The summed E-state index contributed by atoms with van der Waals surface area (Å²) >= 11 is 0. The quantitative estimate of drug-likeness (QED) is 0.589. The van der Waals surface area contributed by atoms with Crippen LogP contribution in [0.3, 0.4) is 0 Å². The number of hydrogen-bond donors (Lipinski definition) is 0. The van der Waals surface area contributed by atoms with E-state index in [1.807, 2.05) is 18.2 Å². The van der Waals surface area contributed by atoms with Crippen LogP contribution in [0.1, 0.15) is 36.0 Å². The van der Waals surface area contributed by atoms with E-state index in [4.69, 9.17) is 0 Å². The van der Waals surface area contributed by atoms with E-state index in [2.05, 4.69) is 6.92 Å². The van der Waals surface area contributed by atoms with Crippen LogP contribution in [0.2, 0.25) is 0 Å². The first-order valence-electron chi connectivity index (χ1n) is 6.11. The lowest BCUT2D eigenvalue weighted by Crippen LogP contribution is -2.26. The van der Waals surface area contributed by atoms with E-state index < -0.39 is 0 Å². The molecule has 1 aliphatic rings. The van der Waals surface area contributed by atoms with Crippen LogP contribution in [0.5, 0.6) is 0 Å². The highest BCUT2D eigenvalue weighted by Crippen LogP contribution is 2.28. The van der Waals surface area contributed by atoms with Crippen molar-refractivity contribution < 1.29 is 9.59 Å². The largest absolute Gasteiger partial charge is 0.299 e. The van der Waals surface area contributed by atoms with Crippen LogP contribution in [0, 0.1) is 18.8 Å². The maximum atomic E-state index is 12.0. The van der Waals surface area contributed by atoms with Crippen molar-refractivity contribution in [2.24, 2.45) is 11.8 Å². The lowest BCUT2D eigenvalue weighted by atomic mass is 9.78. The summed E-state index contributed by atoms with van der Waals surface area (Å²) in [5.74, 6) is 0.507. The van der Waals surface area contributed by atoms with Crippen molar-refractivity contribution >= 4 is 11.6 Å². The summed E-state index contributed by atoms with van der Waals surface area (Å²) in [5.41, 5.74) is 0.700. The molecule has 0 aliphatic heterocycles. The zero-order valence-electron chi connectivity index (χ0n) is 9.89. The highest BCUT2D eigenvalue weighted by Gasteiger charge is 2.31. The monoisotopic (exact) mass is 229 g/mol. The first-order valence-corrected chi connectivity index (χ1v) is 6.11. The van der Waals surface area contributed by atoms with Gasteiger partial charge in [0, 0.05) is 30.7 Å². The number of rotatable bonds is 3. The zero-order chi connectivity index (χ0) is 12.3. The maximum Gasteiger partial charge on any atom is 0.163 e. The highest BCUT2D eigenvalue weighted by atomic mass is 16.1. The minimum atomic E-state index is -0.112. The Balaban J connectivity index is 2.01. The molecule has 2 atom stereocenters. The van der Waals surface area contributed by atoms with Crippen molar-refractivity contribution in [3.63, 3.8) is 0 Å². The minimum Gasteiger partial charge on any atom is -0.299 e. The number of carbonyl (C=O) groups excluding carboxylic acids is 2. The Labute approximate surface area is 102 Å². The van der Waals surface area contributed by atoms with Crippen molar-refractivity contribution in [2.45, 2.75) is 25.7 Å². The van der Waals surface area contributed by atoms with Gasteiger partial charge in [0.05, 0.1) is 12.8 Å². The molecule has 17 heavy (non-hydrogen) atoms. The first-order chi connectivity index (χ1) is 8.16. The van der Waals surface area contributed by atoms with Crippen molar-refractivity contribution in [3.8, 4) is 0 Å². The molecular weight excluding hydrogens is 212 g/mol. The third-order valence-corrected chi connectivity index (χ3v) is 3.40. The van der Waals surface area contributed by atoms with Gasteiger partial charge in [-0.25, -0.2) is 0 Å². The van der Waals surface area contributed by atoms with Crippen LogP contribution in [-0.2, 0) is 4.79 Å². The molecule has 2 nitrogen and oxygen atoms in total. The molecule has 1 aliphatic carbocycles. The maximum absolute atomic E-state index is 12.0. The Kier molecular flexibility index (Phi) is 3.62. The summed E-state index contributed by atoms with van der Waals surface area (Å²) in [6.45, 7) is 4.00. The van der Waals surface area contributed by atoms with Crippen molar-refractivity contribution in [2.75, 3.05) is 0 Å². The minimum absolute atomic E-state index is 0.0676. The molecule has 0 spiro atoms. The average Bonchev–Trinajstić information content (AvgIpc) is 2.35. The standard InChI is InChI=1S/C15H17O2/c1-11-7-8-14(16)13(9-11)10-15(17)12-5-3-2-4-6-12/h2-6,11,13H,1,7-10H2/q+1. The van der Waals surface area contributed by atoms with Gasteiger partial charge in [-0.3, -0.25) is 9.59 Å². The van der Waals surface area contributed by atoms with Crippen molar-refractivity contribution in [3.05, 3.63) is 42.8 Å². The molecule has 2 heteroatoms. The van der Waals surface area contributed by atoms with Crippen LogP contribution in [-0.4, -0.2) is 11.6 Å².